The number of allylic oxidation sites excluding steroid dienone is 1. The van der Waals surface area contributed by atoms with Gasteiger partial charge in [0.15, 0.2) is 16.3 Å². The van der Waals surface area contributed by atoms with Crippen LogP contribution in [0, 0.1) is 3.57 Å². The number of rotatable bonds is 8. The highest BCUT2D eigenvalue weighted by atomic mass is 127. The molecule has 4 aromatic rings. The van der Waals surface area contributed by atoms with Crippen molar-refractivity contribution in [3.8, 4) is 11.5 Å². The molecule has 204 valence electrons. The van der Waals surface area contributed by atoms with Crippen LogP contribution in [0.4, 0.5) is 0 Å². The Hall–Kier alpha value is -3.70. The first-order valence-electron chi connectivity index (χ1n) is 12.7. The fraction of sp³-hybridized carbons (Fsp3) is 0.194. The quantitative estimate of drug-likeness (QED) is 0.196. The van der Waals surface area contributed by atoms with E-state index in [2.05, 4.69) is 27.6 Å². The number of halogens is 1. The fourth-order valence-electron chi connectivity index (χ4n) is 4.59. The van der Waals surface area contributed by atoms with Crippen molar-refractivity contribution in [2.24, 2.45) is 4.99 Å². The summed E-state index contributed by atoms with van der Waals surface area (Å²) in [5, 5.41) is 0. The van der Waals surface area contributed by atoms with Gasteiger partial charge in [0.25, 0.3) is 5.56 Å². The number of benzene rings is 3. The van der Waals surface area contributed by atoms with Crippen LogP contribution < -0.4 is 24.4 Å². The standard InChI is InChI=1S/C31H27IN2O5S/c1-4-38-30(36)26-19(2)33-31-34(27(26)22-13-9-6-10-14-22)29(35)25(40-31)17-21-15-23(32)28(24(16-21)37-3)39-18-20-11-7-5-8-12-20/h5-17,27H,4,18H2,1-3H3/b25-17-/t27-/m0/s1. The van der Waals surface area contributed by atoms with E-state index in [4.69, 9.17) is 14.2 Å². The first-order valence-corrected chi connectivity index (χ1v) is 14.6. The number of esters is 1. The van der Waals surface area contributed by atoms with E-state index >= 15 is 0 Å². The molecule has 7 nitrogen and oxygen atoms in total. The van der Waals surface area contributed by atoms with Crippen molar-refractivity contribution < 1.29 is 19.0 Å². The maximum Gasteiger partial charge on any atom is 0.338 e. The Kier molecular flexibility index (Phi) is 8.51. The molecule has 5 rings (SSSR count). The van der Waals surface area contributed by atoms with Gasteiger partial charge in [-0.25, -0.2) is 9.79 Å². The van der Waals surface area contributed by atoms with E-state index in [1.54, 1.807) is 25.5 Å². The lowest BCUT2D eigenvalue weighted by atomic mass is 9.96. The van der Waals surface area contributed by atoms with E-state index in [9.17, 15) is 9.59 Å². The first kappa shape index (κ1) is 27.9. The molecule has 1 aromatic heterocycles. The molecule has 0 amide bonds. The van der Waals surface area contributed by atoms with Gasteiger partial charge in [-0.05, 0) is 71.3 Å². The van der Waals surface area contributed by atoms with Gasteiger partial charge in [-0.3, -0.25) is 9.36 Å². The zero-order valence-corrected chi connectivity index (χ0v) is 25.2. The maximum absolute atomic E-state index is 13.8. The second-order valence-corrected chi connectivity index (χ2v) is 11.2. The van der Waals surface area contributed by atoms with Crippen molar-refractivity contribution in [3.05, 3.63) is 124 Å². The third-order valence-electron chi connectivity index (χ3n) is 6.41. The number of aromatic nitrogens is 1. The van der Waals surface area contributed by atoms with Crippen molar-refractivity contribution in [3.63, 3.8) is 0 Å². The molecule has 0 saturated carbocycles. The van der Waals surface area contributed by atoms with Crippen LogP contribution >= 0.6 is 33.9 Å². The van der Waals surface area contributed by atoms with E-state index in [1.807, 2.05) is 78.9 Å². The average Bonchev–Trinajstić information content (AvgIpc) is 3.26. The van der Waals surface area contributed by atoms with Crippen LogP contribution in [0.2, 0.25) is 0 Å². The van der Waals surface area contributed by atoms with Gasteiger partial charge in [0, 0.05) is 0 Å². The van der Waals surface area contributed by atoms with Crippen LogP contribution in [0.3, 0.4) is 0 Å². The lowest BCUT2D eigenvalue weighted by molar-refractivity contribution is -0.139. The molecule has 0 N–H and O–H groups in total. The number of nitrogens with zero attached hydrogens (tertiary/aromatic N) is 2. The second kappa shape index (κ2) is 12.2. The van der Waals surface area contributed by atoms with Crippen molar-refractivity contribution in [2.75, 3.05) is 13.7 Å². The predicted octanol–water partition coefficient (Wildman–Crippen LogP) is 4.99. The van der Waals surface area contributed by atoms with Crippen molar-refractivity contribution in [1.29, 1.82) is 0 Å². The number of thiazole rings is 1. The predicted molar refractivity (Wildman–Crippen MR) is 163 cm³/mol. The Morgan fingerprint density at radius 2 is 1.80 bits per heavy atom. The summed E-state index contributed by atoms with van der Waals surface area (Å²) in [6.07, 6.45) is 1.82. The molecule has 1 aliphatic heterocycles. The lowest BCUT2D eigenvalue weighted by Gasteiger charge is -2.24. The third kappa shape index (κ3) is 5.62. The molecule has 3 aromatic carbocycles. The Bertz CT molecular complexity index is 1760. The van der Waals surface area contributed by atoms with Crippen molar-refractivity contribution in [2.45, 2.75) is 26.5 Å². The van der Waals surface area contributed by atoms with E-state index in [0.29, 0.717) is 38.7 Å². The number of carbonyl (C=O) groups is 1. The lowest BCUT2D eigenvalue weighted by Crippen LogP contribution is -2.39. The summed E-state index contributed by atoms with van der Waals surface area (Å²) < 4.78 is 20.0. The van der Waals surface area contributed by atoms with Crippen LogP contribution in [0.25, 0.3) is 6.08 Å². The molecule has 0 radical (unpaired) electrons. The molecule has 1 aliphatic rings. The molecule has 0 aliphatic carbocycles. The van der Waals surface area contributed by atoms with Crippen LogP contribution in [-0.4, -0.2) is 24.3 Å². The van der Waals surface area contributed by atoms with Gasteiger partial charge in [-0.1, -0.05) is 72.0 Å². The monoisotopic (exact) mass is 666 g/mol. The van der Waals surface area contributed by atoms with Gasteiger partial charge in [-0.15, -0.1) is 0 Å². The minimum atomic E-state index is -0.637. The van der Waals surface area contributed by atoms with E-state index in [0.717, 1.165) is 20.3 Å². The highest BCUT2D eigenvalue weighted by Gasteiger charge is 2.33. The Morgan fingerprint density at radius 3 is 2.48 bits per heavy atom. The smallest absolute Gasteiger partial charge is 0.338 e. The Labute approximate surface area is 249 Å². The van der Waals surface area contributed by atoms with Gasteiger partial charge in [-0.2, -0.15) is 0 Å². The number of methoxy groups -OCH3 is 1. The molecule has 2 heterocycles. The fourth-order valence-corrected chi connectivity index (χ4v) is 6.41. The summed E-state index contributed by atoms with van der Waals surface area (Å²) in [5.74, 6) is 0.742. The molecular formula is C31H27IN2O5S. The normalized spacial score (nSPS) is 14.9. The van der Waals surface area contributed by atoms with Gasteiger partial charge in [0.2, 0.25) is 0 Å². The molecular weight excluding hydrogens is 639 g/mol. The number of fused-ring (bicyclic) bond motifs is 1. The number of ether oxygens (including phenoxy) is 3. The zero-order valence-electron chi connectivity index (χ0n) is 22.2. The summed E-state index contributed by atoms with van der Waals surface area (Å²) in [6.45, 7) is 4.18. The summed E-state index contributed by atoms with van der Waals surface area (Å²) in [4.78, 5) is 32.0. The van der Waals surface area contributed by atoms with Gasteiger partial charge < -0.3 is 14.2 Å². The minimum Gasteiger partial charge on any atom is -0.493 e. The molecule has 1 atom stereocenters. The van der Waals surface area contributed by atoms with E-state index in [-0.39, 0.29) is 12.2 Å². The largest absolute Gasteiger partial charge is 0.493 e. The zero-order chi connectivity index (χ0) is 28.2. The van der Waals surface area contributed by atoms with Crippen LogP contribution in [0.1, 0.15) is 36.6 Å². The van der Waals surface area contributed by atoms with E-state index < -0.39 is 12.0 Å². The van der Waals surface area contributed by atoms with Crippen LogP contribution in [0.5, 0.6) is 11.5 Å². The number of hydrogen-bond acceptors (Lipinski definition) is 7. The molecule has 0 unspecified atom stereocenters. The molecule has 0 saturated heterocycles. The Balaban J connectivity index is 1.58. The van der Waals surface area contributed by atoms with Crippen molar-refractivity contribution >= 4 is 46.0 Å². The highest BCUT2D eigenvalue weighted by Crippen LogP contribution is 2.35. The average molecular weight is 667 g/mol. The molecule has 40 heavy (non-hydrogen) atoms. The summed E-state index contributed by atoms with van der Waals surface area (Å²) in [6, 6.07) is 22.6. The number of carbonyl (C=O) groups excluding carboxylic acids is 1. The summed E-state index contributed by atoms with van der Waals surface area (Å²) >= 11 is 3.50. The number of hydrogen-bond donors (Lipinski definition) is 0. The minimum absolute atomic E-state index is 0.229. The first-order chi connectivity index (χ1) is 19.4. The van der Waals surface area contributed by atoms with Gasteiger partial charge in [0.05, 0.1) is 39.1 Å². The van der Waals surface area contributed by atoms with Gasteiger partial charge in [0.1, 0.15) is 6.61 Å². The summed E-state index contributed by atoms with van der Waals surface area (Å²) in [5.41, 5.74) is 3.32. The molecule has 0 bridgehead atoms. The molecule has 9 heteroatoms. The Morgan fingerprint density at radius 1 is 1.10 bits per heavy atom. The highest BCUT2D eigenvalue weighted by molar-refractivity contribution is 14.1. The topological polar surface area (TPSA) is 79.1 Å². The van der Waals surface area contributed by atoms with Gasteiger partial charge >= 0.3 is 5.97 Å². The SMILES string of the molecule is CCOC(=O)C1=C(C)N=c2s/c(=C\c3cc(I)c(OCc4ccccc4)c(OC)c3)c(=O)n2[C@H]1c1ccccc1. The van der Waals surface area contributed by atoms with Crippen LogP contribution in [-0.2, 0) is 16.1 Å². The van der Waals surface area contributed by atoms with Crippen molar-refractivity contribution in [1.82, 2.24) is 4.57 Å². The second-order valence-electron chi connectivity index (χ2n) is 9.02. The maximum atomic E-state index is 13.8. The van der Waals surface area contributed by atoms with Crippen LogP contribution in [0.15, 0.2) is 93.9 Å². The summed E-state index contributed by atoms with van der Waals surface area (Å²) in [7, 11) is 1.60. The van der Waals surface area contributed by atoms with E-state index in [1.165, 1.54) is 11.3 Å². The molecule has 0 fully saturated rings. The molecule has 0 spiro atoms. The third-order valence-corrected chi connectivity index (χ3v) is 8.19.